The number of carbonyl (C=O) groups excluding carboxylic acids is 1. The molecule has 1 rings (SSSR count). The highest BCUT2D eigenvalue weighted by Gasteiger charge is 2.22. The van der Waals surface area contributed by atoms with Gasteiger partial charge in [-0.15, -0.1) is 0 Å². The molecule has 1 aromatic carbocycles. The van der Waals surface area contributed by atoms with Crippen LogP contribution < -0.4 is 4.74 Å². The van der Waals surface area contributed by atoms with Crippen molar-refractivity contribution in [2.24, 2.45) is 0 Å². The lowest BCUT2D eigenvalue weighted by molar-refractivity contribution is 0.0509. The van der Waals surface area contributed by atoms with Gasteiger partial charge in [0.15, 0.2) is 0 Å². The maximum absolute atomic E-state index is 11.7. The number of carboxylic acid groups (broad SMARTS) is 1. The number of aromatic carboxylic acids is 1. The van der Waals surface area contributed by atoms with Gasteiger partial charge in [0, 0.05) is 0 Å². The van der Waals surface area contributed by atoms with E-state index in [0.29, 0.717) is 6.61 Å². The molecule has 1 aromatic rings. The third-order valence-electron chi connectivity index (χ3n) is 2.04. The smallest absolute Gasteiger partial charge is 0.342 e. The summed E-state index contributed by atoms with van der Waals surface area (Å²) in [4.78, 5) is 22.7. The van der Waals surface area contributed by atoms with Crippen molar-refractivity contribution >= 4 is 11.9 Å². The first kappa shape index (κ1) is 13.0. The maximum Gasteiger partial charge on any atom is 0.342 e. The second kappa shape index (κ2) is 5.89. The number of ether oxygens (including phenoxy) is 2. The van der Waals surface area contributed by atoms with Crippen LogP contribution in [0.15, 0.2) is 18.2 Å². The molecule has 0 saturated heterocycles. The van der Waals surface area contributed by atoms with Gasteiger partial charge in [-0.1, -0.05) is 6.07 Å². The van der Waals surface area contributed by atoms with E-state index in [9.17, 15) is 9.59 Å². The fraction of sp³-hybridized carbons (Fsp3) is 0.333. The van der Waals surface area contributed by atoms with Gasteiger partial charge in [-0.2, -0.15) is 0 Å². The second-order valence-corrected chi connectivity index (χ2v) is 3.14. The van der Waals surface area contributed by atoms with Crippen molar-refractivity contribution in [2.75, 3.05) is 13.2 Å². The fourth-order valence-electron chi connectivity index (χ4n) is 1.40. The topological polar surface area (TPSA) is 72.8 Å². The number of carbonyl (C=O) groups is 2. The first-order valence-corrected chi connectivity index (χ1v) is 5.28. The van der Waals surface area contributed by atoms with E-state index in [-0.39, 0.29) is 23.5 Å². The summed E-state index contributed by atoms with van der Waals surface area (Å²) < 4.78 is 10.1. The first-order valence-electron chi connectivity index (χ1n) is 5.28. The van der Waals surface area contributed by atoms with Gasteiger partial charge in [-0.3, -0.25) is 0 Å². The largest absolute Gasteiger partial charge is 0.493 e. The highest BCUT2D eigenvalue weighted by atomic mass is 16.5. The van der Waals surface area contributed by atoms with Crippen LogP contribution in [0.4, 0.5) is 0 Å². The molecule has 0 aliphatic heterocycles. The van der Waals surface area contributed by atoms with E-state index in [2.05, 4.69) is 0 Å². The van der Waals surface area contributed by atoms with Gasteiger partial charge < -0.3 is 14.6 Å². The second-order valence-electron chi connectivity index (χ2n) is 3.14. The van der Waals surface area contributed by atoms with Crippen molar-refractivity contribution in [1.82, 2.24) is 0 Å². The molecule has 5 nitrogen and oxygen atoms in total. The van der Waals surface area contributed by atoms with Crippen LogP contribution in [-0.4, -0.2) is 30.3 Å². The van der Waals surface area contributed by atoms with Crippen LogP contribution in [0.3, 0.4) is 0 Å². The van der Waals surface area contributed by atoms with Gasteiger partial charge in [-0.05, 0) is 26.0 Å². The van der Waals surface area contributed by atoms with E-state index in [1.165, 1.54) is 12.1 Å². The van der Waals surface area contributed by atoms with Gasteiger partial charge in [0.2, 0.25) is 0 Å². The van der Waals surface area contributed by atoms with Crippen LogP contribution in [-0.2, 0) is 4.74 Å². The molecular formula is C12H14O5. The van der Waals surface area contributed by atoms with Crippen molar-refractivity contribution in [3.63, 3.8) is 0 Å². The van der Waals surface area contributed by atoms with Crippen molar-refractivity contribution < 1.29 is 24.2 Å². The standard InChI is InChI=1S/C12H14O5/c1-3-16-9-7-5-6-8(11(13)14)10(9)12(15)17-4-2/h5-7H,3-4H2,1-2H3,(H,13,14). The van der Waals surface area contributed by atoms with Crippen molar-refractivity contribution in [1.29, 1.82) is 0 Å². The van der Waals surface area contributed by atoms with E-state index < -0.39 is 11.9 Å². The zero-order chi connectivity index (χ0) is 12.8. The van der Waals surface area contributed by atoms with E-state index in [1.807, 2.05) is 0 Å². The summed E-state index contributed by atoms with van der Waals surface area (Å²) in [7, 11) is 0. The van der Waals surface area contributed by atoms with Gasteiger partial charge in [0.1, 0.15) is 11.3 Å². The number of rotatable bonds is 5. The van der Waals surface area contributed by atoms with Gasteiger partial charge in [0.25, 0.3) is 0 Å². The van der Waals surface area contributed by atoms with Crippen molar-refractivity contribution in [3.05, 3.63) is 29.3 Å². The molecule has 0 aliphatic carbocycles. The Labute approximate surface area is 99.0 Å². The van der Waals surface area contributed by atoms with Crippen molar-refractivity contribution in [2.45, 2.75) is 13.8 Å². The molecule has 0 atom stereocenters. The monoisotopic (exact) mass is 238 g/mol. The van der Waals surface area contributed by atoms with Gasteiger partial charge >= 0.3 is 11.9 Å². The Morgan fingerprint density at radius 1 is 1.24 bits per heavy atom. The molecule has 0 spiro atoms. The molecule has 0 radical (unpaired) electrons. The molecule has 17 heavy (non-hydrogen) atoms. The molecule has 5 heteroatoms. The fourth-order valence-corrected chi connectivity index (χ4v) is 1.40. The SMILES string of the molecule is CCOC(=O)c1c(OCC)cccc1C(=O)O. The lowest BCUT2D eigenvalue weighted by atomic mass is 10.1. The molecule has 0 heterocycles. The lowest BCUT2D eigenvalue weighted by Gasteiger charge is -2.11. The van der Waals surface area contributed by atoms with Crippen LogP contribution in [0.1, 0.15) is 34.6 Å². The molecule has 0 bridgehead atoms. The Morgan fingerprint density at radius 3 is 2.47 bits per heavy atom. The summed E-state index contributed by atoms with van der Waals surface area (Å²) >= 11 is 0. The minimum absolute atomic E-state index is 0.0382. The summed E-state index contributed by atoms with van der Waals surface area (Å²) in [5.41, 5.74) is -0.155. The summed E-state index contributed by atoms with van der Waals surface area (Å²) in [6, 6.07) is 4.41. The third kappa shape index (κ3) is 2.96. The van der Waals surface area contributed by atoms with E-state index in [0.717, 1.165) is 0 Å². The highest BCUT2D eigenvalue weighted by Crippen LogP contribution is 2.23. The van der Waals surface area contributed by atoms with E-state index >= 15 is 0 Å². The van der Waals surface area contributed by atoms with Crippen LogP contribution in [0.25, 0.3) is 0 Å². The highest BCUT2D eigenvalue weighted by molar-refractivity contribution is 6.04. The minimum atomic E-state index is -1.19. The average Bonchev–Trinajstić information content (AvgIpc) is 2.29. The average molecular weight is 238 g/mol. The quantitative estimate of drug-likeness (QED) is 0.794. The molecule has 1 N–H and O–H groups in total. The Hall–Kier alpha value is -2.04. The number of hydrogen-bond acceptors (Lipinski definition) is 4. The van der Waals surface area contributed by atoms with Gasteiger partial charge in [0.05, 0.1) is 18.8 Å². The number of benzene rings is 1. The summed E-state index contributed by atoms with van der Waals surface area (Å²) in [5, 5.41) is 9.01. The number of carboxylic acids is 1. The molecular weight excluding hydrogens is 224 g/mol. The van der Waals surface area contributed by atoms with Gasteiger partial charge in [-0.25, -0.2) is 9.59 Å². The summed E-state index contributed by atoms with van der Waals surface area (Å²) in [6.07, 6.45) is 0. The maximum atomic E-state index is 11.7. The third-order valence-corrected chi connectivity index (χ3v) is 2.04. The molecule has 0 unspecified atom stereocenters. The van der Waals surface area contributed by atoms with E-state index in [4.69, 9.17) is 14.6 Å². The number of hydrogen-bond donors (Lipinski definition) is 1. The molecule has 0 amide bonds. The van der Waals surface area contributed by atoms with Crippen LogP contribution in [0, 0.1) is 0 Å². The Morgan fingerprint density at radius 2 is 1.94 bits per heavy atom. The molecule has 0 aromatic heterocycles. The molecule has 0 fully saturated rings. The number of esters is 1. The summed E-state index contributed by atoms with van der Waals surface area (Å²) in [5.74, 6) is -1.64. The Kier molecular flexibility index (Phi) is 4.51. The van der Waals surface area contributed by atoms with Crippen LogP contribution in [0.2, 0.25) is 0 Å². The van der Waals surface area contributed by atoms with Crippen LogP contribution in [0.5, 0.6) is 5.75 Å². The Balaban J connectivity index is 3.27. The Bertz CT molecular complexity index is 425. The predicted octanol–water partition coefficient (Wildman–Crippen LogP) is 1.96. The lowest BCUT2D eigenvalue weighted by Crippen LogP contribution is -2.13. The van der Waals surface area contributed by atoms with Crippen molar-refractivity contribution in [3.8, 4) is 5.75 Å². The van der Waals surface area contributed by atoms with Crippen LogP contribution >= 0.6 is 0 Å². The molecule has 0 saturated carbocycles. The minimum Gasteiger partial charge on any atom is -0.493 e. The van der Waals surface area contributed by atoms with E-state index in [1.54, 1.807) is 19.9 Å². The summed E-state index contributed by atoms with van der Waals surface area (Å²) in [6.45, 7) is 3.93. The first-order chi connectivity index (χ1) is 8.11. The zero-order valence-electron chi connectivity index (χ0n) is 9.73. The molecule has 0 aliphatic rings. The zero-order valence-corrected chi connectivity index (χ0v) is 9.73. The normalized spacial score (nSPS) is 9.76. The predicted molar refractivity (Wildman–Crippen MR) is 60.5 cm³/mol. The molecule has 92 valence electrons.